The average Bonchev–Trinajstić information content (AvgIpc) is 3.56. The minimum Gasteiger partial charge on any atom is -0.306 e. The van der Waals surface area contributed by atoms with Crippen molar-refractivity contribution in [2.45, 2.75) is 0 Å². The summed E-state index contributed by atoms with van der Waals surface area (Å²) in [7, 11) is 0. The third-order valence-electron chi connectivity index (χ3n) is 8.43. The number of benzene rings is 6. The van der Waals surface area contributed by atoms with Gasteiger partial charge in [0.05, 0.1) is 55.8 Å². The lowest BCUT2D eigenvalue weighted by atomic mass is 10.1. The SMILES string of the molecule is N#Cc1ccc2c(c1)c1cccc3c1n2c1ccccc1n(-c1ccccc1)c1cccc2c4ccccc4n3c21. The van der Waals surface area contributed by atoms with E-state index in [1.165, 1.54) is 10.8 Å². The van der Waals surface area contributed by atoms with Crippen LogP contribution in [0.5, 0.6) is 0 Å². The van der Waals surface area contributed by atoms with Crippen LogP contribution in [-0.4, -0.2) is 13.4 Å². The predicted molar refractivity (Wildman–Crippen MR) is 169 cm³/mol. The fourth-order valence-corrected chi connectivity index (χ4v) is 6.81. The maximum Gasteiger partial charge on any atom is 0.0991 e. The maximum absolute atomic E-state index is 9.78. The van der Waals surface area contributed by atoms with Gasteiger partial charge in [0.25, 0.3) is 0 Å². The number of aromatic nitrogens is 3. The Balaban J connectivity index is 1.77. The average molecular weight is 523 g/mol. The maximum atomic E-state index is 9.78. The Labute approximate surface area is 234 Å². The number of nitriles is 1. The molecule has 0 saturated carbocycles. The van der Waals surface area contributed by atoms with E-state index in [4.69, 9.17) is 0 Å². The van der Waals surface area contributed by atoms with E-state index >= 15 is 0 Å². The van der Waals surface area contributed by atoms with Crippen LogP contribution < -0.4 is 0 Å². The van der Waals surface area contributed by atoms with E-state index < -0.39 is 0 Å². The zero-order chi connectivity index (χ0) is 27.1. The molecule has 4 heteroatoms. The van der Waals surface area contributed by atoms with Crippen LogP contribution in [0.2, 0.25) is 0 Å². The lowest BCUT2D eigenvalue weighted by molar-refractivity contribution is 1.16. The predicted octanol–water partition coefficient (Wildman–Crippen LogP) is 9.18. The first-order valence-corrected chi connectivity index (χ1v) is 13.8. The van der Waals surface area contributed by atoms with Gasteiger partial charge in [-0.15, -0.1) is 0 Å². The van der Waals surface area contributed by atoms with Crippen LogP contribution in [0.4, 0.5) is 0 Å². The van der Waals surface area contributed by atoms with Gasteiger partial charge in [0, 0.05) is 27.2 Å². The first-order chi connectivity index (χ1) is 20.3. The normalized spacial score (nSPS) is 11.9. The Hall–Kier alpha value is -5.79. The van der Waals surface area contributed by atoms with Crippen LogP contribution in [-0.2, 0) is 0 Å². The smallest absolute Gasteiger partial charge is 0.0991 e. The van der Waals surface area contributed by atoms with Gasteiger partial charge in [0.1, 0.15) is 0 Å². The van der Waals surface area contributed by atoms with E-state index in [9.17, 15) is 5.26 Å². The third kappa shape index (κ3) is 2.87. The largest absolute Gasteiger partial charge is 0.306 e. The molecule has 3 heterocycles. The van der Waals surface area contributed by atoms with Crippen molar-refractivity contribution in [2.75, 3.05) is 0 Å². The first-order valence-electron chi connectivity index (χ1n) is 13.8. The molecule has 4 nitrogen and oxygen atoms in total. The van der Waals surface area contributed by atoms with Crippen LogP contribution in [0.1, 0.15) is 5.56 Å². The lowest BCUT2D eigenvalue weighted by Gasteiger charge is -2.13. The molecule has 0 aliphatic carbocycles. The lowest BCUT2D eigenvalue weighted by Crippen LogP contribution is -1.99. The summed E-state index contributed by atoms with van der Waals surface area (Å²) in [4.78, 5) is 0. The molecule has 190 valence electrons. The molecule has 0 unspecified atom stereocenters. The number of rotatable bonds is 1. The number of nitrogens with zero attached hydrogens (tertiary/aromatic N) is 4. The van der Waals surface area contributed by atoms with E-state index in [0.717, 1.165) is 60.6 Å². The Bertz CT molecular complexity index is 2590. The van der Waals surface area contributed by atoms with E-state index in [1.54, 1.807) is 0 Å². The topological polar surface area (TPSA) is 37.5 Å². The van der Waals surface area contributed by atoms with E-state index in [2.05, 4.69) is 141 Å². The van der Waals surface area contributed by atoms with Crippen molar-refractivity contribution in [2.24, 2.45) is 0 Å². The summed E-state index contributed by atoms with van der Waals surface area (Å²) in [6, 6.07) is 49.5. The zero-order valence-electron chi connectivity index (χ0n) is 22.0. The Morgan fingerprint density at radius 3 is 1.78 bits per heavy atom. The van der Waals surface area contributed by atoms with Gasteiger partial charge in [-0.25, -0.2) is 0 Å². The summed E-state index contributed by atoms with van der Waals surface area (Å²) in [5.74, 6) is 0. The van der Waals surface area contributed by atoms with Crippen molar-refractivity contribution in [3.8, 4) is 11.8 Å². The number of fused-ring (bicyclic) bond motifs is 9. The molecule has 0 aliphatic rings. The van der Waals surface area contributed by atoms with Crippen LogP contribution in [0.3, 0.4) is 0 Å². The Kier molecular flexibility index (Phi) is 4.37. The van der Waals surface area contributed by atoms with Crippen LogP contribution in [0.25, 0.3) is 71.4 Å². The van der Waals surface area contributed by atoms with E-state index in [0.29, 0.717) is 5.56 Å². The second-order valence-corrected chi connectivity index (χ2v) is 10.5. The molecular weight excluding hydrogens is 500 g/mol. The van der Waals surface area contributed by atoms with Gasteiger partial charge in [0.2, 0.25) is 0 Å². The summed E-state index contributed by atoms with van der Waals surface area (Å²) in [6.07, 6.45) is 0. The van der Waals surface area contributed by atoms with Crippen LogP contribution in [0.15, 0.2) is 133 Å². The minimum absolute atomic E-state index is 0.660. The summed E-state index contributed by atoms with van der Waals surface area (Å²) in [5.41, 5.74) is 10.7. The molecule has 0 fully saturated rings. The summed E-state index contributed by atoms with van der Waals surface area (Å²) >= 11 is 0. The van der Waals surface area contributed by atoms with E-state index in [1.807, 2.05) is 12.1 Å². The second-order valence-electron chi connectivity index (χ2n) is 10.5. The van der Waals surface area contributed by atoms with Crippen molar-refractivity contribution >= 4 is 65.7 Å². The molecule has 0 radical (unpaired) electrons. The van der Waals surface area contributed by atoms with Crippen molar-refractivity contribution < 1.29 is 0 Å². The first kappa shape index (κ1) is 22.1. The van der Waals surface area contributed by atoms with Gasteiger partial charge in [-0.3, -0.25) is 0 Å². The fourth-order valence-electron chi connectivity index (χ4n) is 6.81. The number of hydrogen-bond donors (Lipinski definition) is 0. The molecule has 0 spiro atoms. The van der Waals surface area contributed by atoms with Gasteiger partial charge < -0.3 is 13.4 Å². The van der Waals surface area contributed by atoms with Crippen molar-refractivity contribution in [1.82, 2.24) is 13.4 Å². The highest BCUT2D eigenvalue weighted by Gasteiger charge is 2.19. The summed E-state index contributed by atoms with van der Waals surface area (Å²) in [5, 5.41) is 14.4. The molecule has 41 heavy (non-hydrogen) atoms. The zero-order valence-corrected chi connectivity index (χ0v) is 22.0. The molecular formula is C37H22N4. The molecule has 0 saturated heterocycles. The standard InChI is InChI=1S/C37H22N4/c38-23-24-20-21-31-29(22-24)28-14-9-19-35-37(28)40(31)33-17-7-6-16-32(33)39(25-10-2-1-3-11-25)34-18-8-13-27-26-12-4-5-15-30(26)41(35)36(27)34/h1-22H. The highest BCUT2D eigenvalue weighted by Crippen LogP contribution is 2.39. The van der Waals surface area contributed by atoms with Gasteiger partial charge in [0.15, 0.2) is 0 Å². The fraction of sp³-hybridized carbons (Fsp3) is 0. The molecule has 3 aromatic heterocycles. The second kappa shape index (κ2) is 8.11. The quantitative estimate of drug-likeness (QED) is 0.212. The van der Waals surface area contributed by atoms with Crippen molar-refractivity contribution in [1.29, 1.82) is 5.26 Å². The molecule has 9 rings (SSSR count). The summed E-state index contributed by atoms with van der Waals surface area (Å²) < 4.78 is 7.21. The number of para-hydroxylation sites is 6. The van der Waals surface area contributed by atoms with Gasteiger partial charge in [-0.1, -0.05) is 72.8 Å². The highest BCUT2D eigenvalue weighted by molar-refractivity contribution is 6.19. The van der Waals surface area contributed by atoms with Gasteiger partial charge >= 0.3 is 0 Å². The third-order valence-corrected chi connectivity index (χ3v) is 8.43. The minimum atomic E-state index is 0.660. The molecule has 0 atom stereocenters. The summed E-state index contributed by atoms with van der Waals surface area (Å²) in [6.45, 7) is 0. The molecule has 0 amide bonds. The van der Waals surface area contributed by atoms with Crippen molar-refractivity contribution in [3.63, 3.8) is 0 Å². The highest BCUT2D eigenvalue weighted by atomic mass is 15.0. The molecule has 0 aliphatic heterocycles. The van der Waals surface area contributed by atoms with Crippen LogP contribution in [0, 0.1) is 11.3 Å². The Morgan fingerprint density at radius 1 is 0.415 bits per heavy atom. The van der Waals surface area contributed by atoms with E-state index in [-0.39, 0.29) is 0 Å². The van der Waals surface area contributed by atoms with Gasteiger partial charge in [-0.2, -0.15) is 5.26 Å². The van der Waals surface area contributed by atoms with Crippen molar-refractivity contribution in [3.05, 3.63) is 139 Å². The molecule has 0 bridgehead atoms. The van der Waals surface area contributed by atoms with Crippen LogP contribution >= 0.6 is 0 Å². The number of hydrogen-bond acceptors (Lipinski definition) is 1. The monoisotopic (exact) mass is 522 g/mol. The molecule has 9 aromatic rings. The Morgan fingerprint density at radius 2 is 0.976 bits per heavy atom. The molecule has 0 N–H and O–H groups in total. The van der Waals surface area contributed by atoms with Gasteiger partial charge in [-0.05, 0) is 60.7 Å². The molecule has 6 aromatic carbocycles.